The molecule has 162 valence electrons. The topological polar surface area (TPSA) is 87.0 Å². The average molecular weight is 389 g/mol. The Kier molecular flexibility index (Phi) is 26.3. The molecule has 0 saturated heterocycles. The maximum Gasteiger partial charge on any atom is 0.305 e. The van der Waals surface area contributed by atoms with E-state index in [1.807, 2.05) is 0 Å². The second kappa shape index (κ2) is 25.1. The van der Waals surface area contributed by atoms with Gasteiger partial charge in [-0.15, -0.1) is 0 Å². The highest BCUT2D eigenvalue weighted by atomic mass is 16.5. The monoisotopic (exact) mass is 388 g/mol. The van der Waals surface area contributed by atoms with Crippen LogP contribution in [0.1, 0.15) is 96.8 Å². The van der Waals surface area contributed by atoms with Crippen LogP contribution in [0.25, 0.3) is 0 Å². The molecule has 0 rings (SSSR count). The highest BCUT2D eigenvalue weighted by molar-refractivity contribution is 5.68. The van der Waals surface area contributed by atoms with Crippen LogP contribution in [-0.4, -0.2) is 47.7 Å². The van der Waals surface area contributed by atoms with Gasteiger partial charge in [-0.3, -0.25) is 4.79 Å². The van der Waals surface area contributed by atoms with Gasteiger partial charge in [-0.25, -0.2) is 0 Å². The van der Waals surface area contributed by atoms with Crippen LogP contribution >= 0.6 is 0 Å². The lowest BCUT2D eigenvalue weighted by molar-refractivity contribution is -0.140. The Labute approximate surface area is 166 Å². The first-order chi connectivity index (χ1) is 13.1. The molecule has 0 unspecified atom stereocenters. The summed E-state index contributed by atoms with van der Waals surface area (Å²) in [5, 5.41) is 24.0. The van der Waals surface area contributed by atoms with Gasteiger partial charge in [0.2, 0.25) is 0 Å². The number of rotatable bonds is 17. The van der Waals surface area contributed by atoms with Crippen LogP contribution in [-0.2, 0) is 9.53 Å². The predicted molar refractivity (Wildman–Crippen MR) is 112 cm³/mol. The number of methoxy groups -OCH3 is 1. The number of aliphatic hydroxyl groups is 3. The normalized spacial score (nSPS) is 10.9. The molecule has 0 bridgehead atoms. The number of esters is 1. The number of allylic oxidation sites excluding steroid dienone is 2. The third-order valence-electron chi connectivity index (χ3n) is 4.29. The van der Waals surface area contributed by atoms with Gasteiger partial charge in [0, 0.05) is 6.42 Å². The Morgan fingerprint density at radius 1 is 0.815 bits per heavy atom. The summed E-state index contributed by atoms with van der Waals surface area (Å²) in [6.45, 7) is 1.54. The van der Waals surface area contributed by atoms with Crippen LogP contribution in [0, 0.1) is 0 Å². The van der Waals surface area contributed by atoms with E-state index < -0.39 is 6.10 Å². The van der Waals surface area contributed by atoms with E-state index in [4.69, 9.17) is 15.3 Å². The Morgan fingerprint density at radius 2 is 1.26 bits per heavy atom. The number of hydrogen-bond acceptors (Lipinski definition) is 5. The minimum absolute atomic E-state index is 0.0763. The van der Waals surface area contributed by atoms with Gasteiger partial charge in [0.15, 0.2) is 0 Å². The van der Waals surface area contributed by atoms with Gasteiger partial charge >= 0.3 is 5.97 Å². The van der Waals surface area contributed by atoms with Gasteiger partial charge in [-0.05, 0) is 32.1 Å². The average Bonchev–Trinajstić information content (AvgIpc) is 2.70. The van der Waals surface area contributed by atoms with Crippen LogP contribution in [0.3, 0.4) is 0 Å². The maximum atomic E-state index is 10.9. The molecule has 0 fully saturated rings. The molecule has 5 heteroatoms. The lowest BCUT2D eigenvalue weighted by Gasteiger charge is -2.00. The molecule has 0 atom stereocenters. The molecule has 0 aliphatic heterocycles. The summed E-state index contributed by atoms with van der Waals surface area (Å²) < 4.78 is 4.62. The molecule has 3 N–H and O–H groups in total. The summed E-state index contributed by atoms with van der Waals surface area (Å²) in [6.07, 6.45) is 21.0. The fourth-order valence-corrected chi connectivity index (χ4v) is 2.50. The van der Waals surface area contributed by atoms with Crippen LogP contribution in [0.5, 0.6) is 0 Å². The Hall–Kier alpha value is -0.910. The van der Waals surface area contributed by atoms with Crippen LogP contribution < -0.4 is 0 Å². The van der Waals surface area contributed by atoms with E-state index in [9.17, 15) is 4.79 Å². The van der Waals surface area contributed by atoms with Gasteiger partial charge in [-0.1, -0.05) is 70.4 Å². The fourth-order valence-electron chi connectivity index (χ4n) is 2.50. The Balaban J connectivity index is 0. The molecule has 5 nitrogen and oxygen atoms in total. The first-order valence-electron chi connectivity index (χ1n) is 10.7. The molecular formula is C22H44O5. The maximum absolute atomic E-state index is 10.9. The molecule has 0 aliphatic rings. The number of ether oxygens (including phenoxy) is 1. The summed E-state index contributed by atoms with van der Waals surface area (Å²) in [5.41, 5.74) is 0. The van der Waals surface area contributed by atoms with E-state index in [1.165, 1.54) is 77.7 Å². The van der Waals surface area contributed by atoms with Gasteiger partial charge in [0.1, 0.15) is 6.10 Å². The zero-order chi connectivity index (χ0) is 20.6. The molecule has 0 spiro atoms. The van der Waals surface area contributed by atoms with Crippen LogP contribution in [0.2, 0.25) is 0 Å². The molecule has 0 aromatic carbocycles. The highest BCUT2D eigenvalue weighted by Crippen LogP contribution is 2.10. The number of aliphatic hydroxyl groups excluding tert-OH is 3. The zero-order valence-electron chi connectivity index (χ0n) is 17.7. The van der Waals surface area contributed by atoms with Crippen molar-refractivity contribution in [2.24, 2.45) is 0 Å². The van der Waals surface area contributed by atoms with Crippen molar-refractivity contribution in [3.63, 3.8) is 0 Å². The molecule has 0 aromatic rings. The molecule has 0 heterocycles. The fraction of sp³-hybridized carbons (Fsp3) is 0.864. The van der Waals surface area contributed by atoms with Crippen LogP contribution in [0.4, 0.5) is 0 Å². The molecule has 0 aromatic heterocycles. The quantitative estimate of drug-likeness (QED) is 0.194. The van der Waals surface area contributed by atoms with Gasteiger partial charge in [0.25, 0.3) is 0 Å². The third-order valence-corrected chi connectivity index (χ3v) is 4.29. The largest absolute Gasteiger partial charge is 0.469 e. The summed E-state index contributed by atoms with van der Waals surface area (Å²) >= 11 is 0. The molecule has 27 heavy (non-hydrogen) atoms. The summed E-state index contributed by atoms with van der Waals surface area (Å²) in [6, 6.07) is 0. The van der Waals surface area contributed by atoms with Crippen molar-refractivity contribution in [2.45, 2.75) is 103 Å². The van der Waals surface area contributed by atoms with Crippen LogP contribution in [0.15, 0.2) is 12.2 Å². The van der Waals surface area contributed by atoms with E-state index in [-0.39, 0.29) is 19.2 Å². The van der Waals surface area contributed by atoms with Crippen molar-refractivity contribution in [3.05, 3.63) is 12.2 Å². The number of unbranched alkanes of at least 4 members (excludes halogenated alkanes) is 11. The number of carbonyl (C=O) groups excluding carboxylic acids is 1. The number of carbonyl (C=O) groups is 1. The van der Waals surface area contributed by atoms with Crippen molar-refractivity contribution in [1.82, 2.24) is 0 Å². The minimum Gasteiger partial charge on any atom is -0.469 e. The first kappa shape index (κ1) is 28.3. The summed E-state index contributed by atoms with van der Waals surface area (Å²) in [4.78, 5) is 10.9. The second-order valence-corrected chi connectivity index (χ2v) is 6.93. The van der Waals surface area contributed by atoms with E-state index in [0.29, 0.717) is 6.42 Å². The summed E-state index contributed by atoms with van der Waals surface area (Å²) in [7, 11) is 1.46. The van der Waals surface area contributed by atoms with Gasteiger partial charge < -0.3 is 20.1 Å². The van der Waals surface area contributed by atoms with Crippen molar-refractivity contribution in [1.29, 1.82) is 0 Å². The second-order valence-electron chi connectivity index (χ2n) is 6.93. The first-order valence-corrected chi connectivity index (χ1v) is 10.7. The molecule has 0 saturated carbocycles. The smallest absolute Gasteiger partial charge is 0.305 e. The summed E-state index contributed by atoms with van der Waals surface area (Å²) in [5.74, 6) is -0.0763. The van der Waals surface area contributed by atoms with Crippen molar-refractivity contribution in [2.75, 3.05) is 20.3 Å². The molecule has 0 aliphatic carbocycles. The highest BCUT2D eigenvalue weighted by Gasteiger charge is 1.98. The molecular weight excluding hydrogens is 344 g/mol. The third kappa shape index (κ3) is 27.4. The predicted octanol–water partition coefficient (Wildman–Crippen LogP) is 4.53. The van der Waals surface area contributed by atoms with Crippen molar-refractivity contribution in [3.8, 4) is 0 Å². The van der Waals surface area contributed by atoms with Crippen molar-refractivity contribution >= 4 is 5.97 Å². The molecule has 0 radical (unpaired) electrons. The standard InChI is InChI=1S/C19H36O2.C3H8O3/c1-3-4-5-6-7-8-9-10-11-12-13-14-15-16-17-18-19(20)21-2;4-1-3(6)2-5/h10-11H,3-9,12-18H2,1-2H3;3-6H,1-2H2/b11-10-;. The van der Waals surface area contributed by atoms with E-state index in [2.05, 4.69) is 23.8 Å². The SMILES string of the molecule is CCCCCCCC/C=C\CCCCCCCC(=O)OC.OCC(O)CO. The number of hydrogen-bond donors (Lipinski definition) is 3. The van der Waals surface area contributed by atoms with E-state index in [0.717, 1.165) is 12.8 Å². The Bertz CT molecular complexity index is 314. The molecule has 0 amide bonds. The van der Waals surface area contributed by atoms with E-state index in [1.54, 1.807) is 0 Å². The lowest BCUT2D eigenvalue weighted by Crippen LogP contribution is -2.15. The van der Waals surface area contributed by atoms with Gasteiger partial charge in [-0.2, -0.15) is 0 Å². The zero-order valence-corrected chi connectivity index (χ0v) is 17.7. The van der Waals surface area contributed by atoms with Gasteiger partial charge in [0.05, 0.1) is 20.3 Å². The minimum atomic E-state index is -0.954. The van der Waals surface area contributed by atoms with Crippen molar-refractivity contribution < 1.29 is 24.9 Å². The Morgan fingerprint density at radius 3 is 1.67 bits per heavy atom. The lowest BCUT2D eigenvalue weighted by atomic mass is 10.1. The van der Waals surface area contributed by atoms with E-state index >= 15 is 0 Å².